The third-order valence-corrected chi connectivity index (χ3v) is 8.42. The molecule has 1 saturated heterocycles. The molecule has 2 aromatic carbocycles. The Kier molecular flexibility index (Phi) is 6.36. The average molecular weight is 476 g/mol. The zero-order valence-corrected chi connectivity index (χ0v) is 19.8. The Morgan fingerprint density at radius 3 is 2.50 bits per heavy atom. The summed E-state index contributed by atoms with van der Waals surface area (Å²) in [5.74, 6) is 0.435. The third-order valence-electron chi connectivity index (χ3n) is 5.59. The number of methoxy groups -OCH3 is 2. The highest BCUT2D eigenvalue weighted by atomic mass is 32.2. The standard InChI is InChI=1S/C22H25N3O5S2/c1-14-4-6-17-20(12-14)31-22(23-17)24-21(26)15-8-10-25(11-9-15)32(27,28)16-5-7-18(29-2)19(13-16)30-3/h4-7,12-13,15H,8-11H2,1-3H3,(H,23,24,26). The van der Waals surface area contributed by atoms with Crippen molar-refractivity contribution >= 4 is 42.6 Å². The van der Waals surface area contributed by atoms with Gasteiger partial charge >= 0.3 is 0 Å². The molecule has 1 aliphatic rings. The predicted octanol–water partition coefficient (Wildman–Crippen LogP) is 3.66. The number of piperidine rings is 1. The fourth-order valence-electron chi connectivity index (χ4n) is 3.78. The molecular formula is C22H25N3O5S2. The van der Waals surface area contributed by atoms with E-state index in [1.165, 1.54) is 42.0 Å². The number of fused-ring (bicyclic) bond motifs is 1. The second kappa shape index (κ2) is 9.05. The quantitative estimate of drug-likeness (QED) is 0.584. The van der Waals surface area contributed by atoms with Crippen molar-refractivity contribution in [1.29, 1.82) is 0 Å². The Labute approximate surface area is 191 Å². The van der Waals surface area contributed by atoms with Crippen LogP contribution in [0.25, 0.3) is 10.2 Å². The van der Waals surface area contributed by atoms with Crippen molar-refractivity contribution in [2.24, 2.45) is 5.92 Å². The van der Waals surface area contributed by atoms with E-state index in [9.17, 15) is 13.2 Å². The molecule has 1 N–H and O–H groups in total. The first-order valence-corrected chi connectivity index (χ1v) is 12.5. The van der Waals surface area contributed by atoms with Gasteiger partial charge in [-0.1, -0.05) is 17.4 Å². The zero-order valence-electron chi connectivity index (χ0n) is 18.1. The van der Waals surface area contributed by atoms with Gasteiger partial charge < -0.3 is 14.8 Å². The van der Waals surface area contributed by atoms with Crippen molar-refractivity contribution < 1.29 is 22.7 Å². The molecule has 1 amide bonds. The number of carbonyl (C=O) groups excluding carboxylic acids is 1. The summed E-state index contributed by atoms with van der Waals surface area (Å²) in [6.45, 7) is 2.56. The van der Waals surface area contributed by atoms with Gasteiger partial charge in [0.25, 0.3) is 0 Å². The molecule has 1 aliphatic heterocycles. The number of rotatable bonds is 6. The lowest BCUT2D eigenvalue weighted by Crippen LogP contribution is -2.41. The van der Waals surface area contributed by atoms with E-state index in [-0.39, 0.29) is 29.8 Å². The molecule has 1 fully saturated rings. The Morgan fingerprint density at radius 1 is 1.09 bits per heavy atom. The predicted molar refractivity (Wildman–Crippen MR) is 124 cm³/mol. The van der Waals surface area contributed by atoms with Gasteiger partial charge in [0, 0.05) is 25.1 Å². The summed E-state index contributed by atoms with van der Waals surface area (Å²) in [5.41, 5.74) is 1.99. The number of hydrogen-bond acceptors (Lipinski definition) is 7. The molecule has 0 bridgehead atoms. The van der Waals surface area contributed by atoms with Crippen LogP contribution in [0.4, 0.5) is 5.13 Å². The van der Waals surface area contributed by atoms with Crippen LogP contribution in [0.2, 0.25) is 0 Å². The van der Waals surface area contributed by atoms with Crippen molar-refractivity contribution in [3.05, 3.63) is 42.0 Å². The lowest BCUT2D eigenvalue weighted by Gasteiger charge is -2.30. The molecule has 8 nitrogen and oxygen atoms in total. The SMILES string of the molecule is COc1ccc(S(=O)(=O)N2CCC(C(=O)Nc3nc4ccc(C)cc4s3)CC2)cc1OC. The maximum absolute atomic E-state index is 13.1. The van der Waals surface area contributed by atoms with Crippen molar-refractivity contribution in [3.8, 4) is 11.5 Å². The van der Waals surface area contributed by atoms with Crippen LogP contribution < -0.4 is 14.8 Å². The molecule has 2 heterocycles. The van der Waals surface area contributed by atoms with Crippen molar-refractivity contribution in [1.82, 2.24) is 9.29 Å². The molecule has 1 aromatic heterocycles. The average Bonchev–Trinajstić information content (AvgIpc) is 3.19. The van der Waals surface area contributed by atoms with E-state index in [1.807, 2.05) is 25.1 Å². The van der Waals surface area contributed by atoms with E-state index in [2.05, 4.69) is 10.3 Å². The van der Waals surface area contributed by atoms with Crippen LogP contribution in [0.15, 0.2) is 41.3 Å². The maximum Gasteiger partial charge on any atom is 0.243 e. The maximum atomic E-state index is 13.1. The molecule has 0 unspecified atom stereocenters. The number of amides is 1. The first-order chi connectivity index (χ1) is 15.3. The van der Waals surface area contributed by atoms with Crippen LogP contribution in [-0.2, 0) is 14.8 Å². The fourth-order valence-corrected chi connectivity index (χ4v) is 6.23. The number of aromatic nitrogens is 1. The topological polar surface area (TPSA) is 97.8 Å². The highest BCUT2D eigenvalue weighted by molar-refractivity contribution is 7.89. The molecule has 0 saturated carbocycles. The normalized spacial score (nSPS) is 15.6. The summed E-state index contributed by atoms with van der Waals surface area (Å²) >= 11 is 1.44. The number of carbonyl (C=O) groups is 1. The Morgan fingerprint density at radius 2 is 1.81 bits per heavy atom. The highest BCUT2D eigenvalue weighted by Crippen LogP contribution is 2.32. The molecule has 4 rings (SSSR count). The Hall–Kier alpha value is -2.69. The van der Waals surface area contributed by atoms with E-state index < -0.39 is 10.0 Å². The minimum absolute atomic E-state index is 0.121. The molecular weight excluding hydrogens is 450 g/mol. The van der Waals surface area contributed by atoms with E-state index in [0.717, 1.165) is 15.8 Å². The van der Waals surface area contributed by atoms with Gasteiger partial charge in [0.1, 0.15) is 0 Å². The zero-order chi connectivity index (χ0) is 22.9. The summed E-state index contributed by atoms with van der Waals surface area (Å²) < 4.78 is 39.0. The number of hydrogen-bond donors (Lipinski definition) is 1. The van der Waals surface area contributed by atoms with Crippen LogP contribution >= 0.6 is 11.3 Å². The Balaban J connectivity index is 1.41. The fraction of sp³-hybridized carbons (Fsp3) is 0.364. The molecule has 0 radical (unpaired) electrons. The van der Waals surface area contributed by atoms with Gasteiger partial charge in [0.05, 0.1) is 29.3 Å². The minimum atomic E-state index is -3.69. The number of anilines is 1. The molecule has 170 valence electrons. The van der Waals surface area contributed by atoms with Crippen molar-refractivity contribution in [2.45, 2.75) is 24.7 Å². The van der Waals surface area contributed by atoms with Gasteiger partial charge in [-0.15, -0.1) is 0 Å². The van der Waals surface area contributed by atoms with Gasteiger partial charge in [0.2, 0.25) is 15.9 Å². The highest BCUT2D eigenvalue weighted by Gasteiger charge is 2.33. The Bertz CT molecular complexity index is 1250. The summed E-state index contributed by atoms with van der Waals surface area (Å²) in [5, 5.41) is 3.47. The van der Waals surface area contributed by atoms with Crippen LogP contribution in [-0.4, -0.2) is 50.9 Å². The number of thiazole rings is 1. The third kappa shape index (κ3) is 4.43. The van der Waals surface area contributed by atoms with Gasteiger partial charge in [-0.25, -0.2) is 13.4 Å². The van der Waals surface area contributed by atoms with Gasteiger partial charge in [-0.2, -0.15) is 4.31 Å². The van der Waals surface area contributed by atoms with Crippen molar-refractivity contribution in [3.63, 3.8) is 0 Å². The largest absolute Gasteiger partial charge is 0.493 e. The number of sulfonamides is 1. The second-order valence-electron chi connectivity index (χ2n) is 7.67. The number of ether oxygens (including phenoxy) is 2. The molecule has 0 aliphatic carbocycles. The molecule has 32 heavy (non-hydrogen) atoms. The van der Waals surface area contributed by atoms with Crippen molar-refractivity contribution in [2.75, 3.05) is 32.6 Å². The monoisotopic (exact) mass is 475 g/mol. The molecule has 10 heteroatoms. The minimum Gasteiger partial charge on any atom is -0.493 e. The summed E-state index contributed by atoms with van der Waals surface area (Å²) in [6.07, 6.45) is 0.894. The van der Waals surface area contributed by atoms with Gasteiger partial charge in [0.15, 0.2) is 16.6 Å². The summed E-state index contributed by atoms with van der Waals surface area (Å²) in [6, 6.07) is 10.5. The van der Waals surface area contributed by atoms with E-state index in [1.54, 1.807) is 6.07 Å². The number of nitrogens with zero attached hydrogens (tertiary/aromatic N) is 2. The molecule has 0 spiro atoms. The first kappa shape index (κ1) is 22.5. The van der Waals surface area contributed by atoms with Crippen LogP contribution in [0.1, 0.15) is 18.4 Å². The van der Waals surface area contributed by atoms with E-state index in [0.29, 0.717) is 29.5 Å². The summed E-state index contributed by atoms with van der Waals surface area (Å²) in [4.78, 5) is 17.4. The van der Waals surface area contributed by atoms with E-state index in [4.69, 9.17) is 9.47 Å². The lowest BCUT2D eigenvalue weighted by atomic mass is 9.97. The van der Waals surface area contributed by atoms with Crippen LogP contribution in [0.5, 0.6) is 11.5 Å². The number of aryl methyl sites for hydroxylation is 1. The van der Waals surface area contributed by atoms with Crippen LogP contribution in [0, 0.1) is 12.8 Å². The lowest BCUT2D eigenvalue weighted by molar-refractivity contribution is -0.120. The van der Waals surface area contributed by atoms with Crippen LogP contribution in [0.3, 0.4) is 0 Å². The second-order valence-corrected chi connectivity index (χ2v) is 10.6. The molecule has 3 aromatic rings. The van der Waals surface area contributed by atoms with Gasteiger partial charge in [-0.05, 0) is 49.6 Å². The molecule has 0 atom stereocenters. The first-order valence-electron chi connectivity index (χ1n) is 10.2. The smallest absolute Gasteiger partial charge is 0.243 e. The van der Waals surface area contributed by atoms with Gasteiger partial charge in [-0.3, -0.25) is 4.79 Å². The number of nitrogens with one attached hydrogen (secondary N) is 1. The summed E-state index contributed by atoms with van der Waals surface area (Å²) in [7, 11) is -0.733. The van der Waals surface area contributed by atoms with E-state index >= 15 is 0 Å². The number of benzene rings is 2.